The van der Waals surface area contributed by atoms with E-state index >= 15 is 0 Å². The van der Waals surface area contributed by atoms with Crippen LogP contribution in [0.5, 0.6) is 0 Å². The minimum atomic E-state index is -0.620. The van der Waals surface area contributed by atoms with E-state index in [1.54, 1.807) is 11.2 Å². The first kappa shape index (κ1) is 16.4. The topological polar surface area (TPSA) is 59.8 Å². The number of ether oxygens (including phenoxy) is 1. The SMILES string of the molecule is COC(=O)C1Cc2ccccc2N1C(=O)Cc1coc2cc(C)ccc12. The fraction of sp³-hybridized carbons (Fsp3) is 0.238. The number of carbonyl (C=O) groups excluding carboxylic acids is 2. The summed E-state index contributed by atoms with van der Waals surface area (Å²) in [5.74, 6) is -0.546. The van der Waals surface area contributed by atoms with Gasteiger partial charge in [0.15, 0.2) is 0 Å². The summed E-state index contributed by atoms with van der Waals surface area (Å²) in [5.41, 5.74) is 4.43. The molecule has 1 aliphatic heterocycles. The van der Waals surface area contributed by atoms with Crippen molar-refractivity contribution in [3.63, 3.8) is 0 Å². The van der Waals surface area contributed by atoms with Crippen LogP contribution in [-0.4, -0.2) is 25.0 Å². The Morgan fingerprint density at radius 2 is 2.04 bits per heavy atom. The molecule has 0 spiro atoms. The van der Waals surface area contributed by atoms with Gasteiger partial charge in [0.05, 0.1) is 19.8 Å². The molecule has 26 heavy (non-hydrogen) atoms. The van der Waals surface area contributed by atoms with Gasteiger partial charge < -0.3 is 9.15 Å². The Bertz CT molecular complexity index is 1000. The molecule has 2 heterocycles. The molecule has 0 saturated heterocycles. The van der Waals surface area contributed by atoms with Crippen LogP contribution in [0.1, 0.15) is 16.7 Å². The highest BCUT2D eigenvalue weighted by atomic mass is 16.5. The van der Waals surface area contributed by atoms with Crippen molar-refractivity contribution in [3.8, 4) is 0 Å². The lowest BCUT2D eigenvalue weighted by atomic mass is 10.1. The zero-order valence-corrected chi connectivity index (χ0v) is 14.7. The van der Waals surface area contributed by atoms with Crippen LogP contribution in [-0.2, 0) is 27.2 Å². The number of aryl methyl sites for hydroxylation is 1. The second kappa shape index (κ2) is 6.33. The number of benzene rings is 2. The number of fused-ring (bicyclic) bond motifs is 2. The Morgan fingerprint density at radius 1 is 1.23 bits per heavy atom. The molecule has 132 valence electrons. The summed E-state index contributed by atoms with van der Waals surface area (Å²) in [6.45, 7) is 1.99. The van der Waals surface area contributed by atoms with Crippen LogP contribution in [0.15, 0.2) is 53.1 Å². The monoisotopic (exact) mass is 349 g/mol. The van der Waals surface area contributed by atoms with Gasteiger partial charge in [-0.25, -0.2) is 4.79 Å². The lowest BCUT2D eigenvalue weighted by molar-refractivity contribution is -0.143. The van der Waals surface area contributed by atoms with Crippen molar-refractivity contribution in [2.75, 3.05) is 12.0 Å². The van der Waals surface area contributed by atoms with Gasteiger partial charge in [-0.05, 0) is 30.2 Å². The van der Waals surface area contributed by atoms with Crippen molar-refractivity contribution in [3.05, 3.63) is 65.4 Å². The summed E-state index contributed by atoms with van der Waals surface area (Å²) in [5, 5.41) is 0.922. The summed E-state index contributed by atoms with van der Waals surface area (Å²) < 4.78 is 10.5. The van der Waals surface area contributed by atoms with Gasteiger partial charge in [0.25, 0.3) is 0 Å². The van der Waals surface area contributed by atoms with E-state index in [9.17, 15) is 9.59 Å². The largest absolute Gasteiger partial charge is 0.467 e. The van der Waals surface area contributed by atoms with E-state index in [-0.39, 0.29) is 12.3 Å². The van der Waals surface area contributed by atoms with Crippen molar-refractivity contribution in [2.45, 2.75) is 25.8 Å². The molecule has 0 saturated carbocycles. The Hall–Kier alpha value is -3.08. The number of nitrogens with zero attached hydrogens (tertiary/aromatic N) is 1. The Labute approximate surface area is 151 Å². The van der Waals surface area contributed by atoms with Crippen molar-refractivity contribution in [2.24, 2.45) is 0 Å². The zero-order chi connectivity index (χ0) is 18.3. The van der Waals surface area contributed by atoms with Crippen LogP contribution in [0.3, 0.4) is 0 Å². The van der Waals surface area contributed by atoms with E-state index in [1.807, 2.05) is 49.4 Å². The molecule has 5 heteroatoms. The lowest BCUT2D eigenvalue weighted by Gasteiger charge is -2.23. The van der Waals surface area contributed by atoms with Crippen LogP contribution in [0, 0.1) is 6.92 Å². The molecule has 1 aromatic heterocycles. The Morgan fingerprint density at radius 3 is 2.85 bits per heavy atom. The average Bonchev–Trinajstić information content (AvgIpc) is 3.22. The molecule has 0 radical (unpaired) electrons. The van der Waals surface area contributed by atoms with Crippen LogP contribution in [0.2, 0.25) is 0 Å². The highest BCUT2D eigenvalue weighted by Gasteiger charge is 2.38. The third-order valence-electron chi connectivity index (χ3n) is 4.87. The zero-order valence-electron chi connectivity index (χ0n) is 14.7. The normalized spacial score (nSPS) is 15.9. The summed E-state index contributed by atoms with van der Waals surface area (Å²) in [6.07, 6.45) is 2.26. The fourth-order valence-electron chi connectivity index (χ4n) is 3.59. The van der Waals surface area contributed by atoms with Crippen molar-refractivity contribution < 1.29 is 18.7 Å². The van der Waals surface area contributed by atoms with Crippen molar-refractivity contribution in [1.29, 1.82) is 0 Å². The molecule has 0 N–H and O–H groups in total. The van der Waals surface area contributed by atoms with Gasteiger partial charge in [0, 0.05) is 23.1 Å². The van der Waals surface area contributed by atoms with Crippen LogP contribution in [0.4, 0.5) is 5.69 Å². The van der Waals surface area contributed by atoms with Gasteiger partial charge in [-0.2, -0.15) is 0 Å². The van der Waals surface area contributed by atoms with E-state index in [1.165, 1.54) is 7.11 Å². The molecule has 1 aliphatic rings. The molecule has 1 atom stereocenters. The summed E-state index contributed by atoms with van der Waals surface area (Å²) in [4.78, 5) is 26.9. The number of methoxy groups -OCH3 is 1. The van der Waals surface area contributed by atoms with Crippen LogP contribution < -0.4 is 4.90 Å². The molecule has 5 nitrogen and oxygen atoms in total. The molecular formula is C21H19NO4. The summed E-state index contributed by atoms with van der Waals surface area (Å²) >= 11 is 0. The molecule has 3 aromatic rings. The number of amides is 1. The molecule has 0 bridgehead atoms. The van der Waals surface area contributed by atoms with Gasteiger partial charge in [-0.1, -0.05) is 30.3 Å². The third-order valence-corrected chi connectivity index (χ3v) is 4.87. The number of rotatable bonds is 3. The van der Waals surface area contributed by atoms with E-state index in [2.05, 4.69) is 0 Å². The molecule has 1 unspecified atom stereocenters. The lowest BCUT2D eigenvalue weighted by Crippen LogP contribution is -2.44. The predicted octanol–water partition coefficient (Wildman–Crippen LogP) is 3.41. The van der Waals surface area contributed by atoms with Gasteiger partial charge >= 0.3 is 5.97 Å². The number of hydrogen-bond donors (Lipinski definition) is 0. The quantitative estimate of drug-likeness (QED) is 0.680. The van der Waals surface area contributed by atoms with Gasteiger partial charge in [0.1, 0.15) is 11.6 Å². The molecule has 2 aromatic carbocycles. The standard InChI is InChI=1S/C21H19NO4/c1-13-7-8-16-15(12-26-19(16)9-13)11-20(23)22-17-6-4-3-5-14(17)10-18(22)21(24)25-2/h3-9,12,18H,10-11H2,1-2H3. The number of hydrogen-bond acceptors (Lipinski definition) is 4. The third kappa shape index (κ3) is 2.65. The van der Waals surface area contributed by atoms with E-state index in [4.69, 9.17) is 9.15 Å². The van der Waals surface area contributed by atoms with E-state index < -0.39 is 12.0 Å². The van der Waals surface area contributed by atoms with Crippen molar-refractivity contribution in [1.82, 2.24) is 0 Å². The second-order valence-corrected chi connectivity index (χ2v) is 6.57. The molecule has 0 aliphatic carbocycles. The first-order valence-corrected chi connectivity index (χ1v) is 8.53. The minimum Gasteiger partial charge on any atom is -0.467 e. The first-order chi connectivity index (χ1) is 12.6. The highest BCUT2D eigenvalue weighted by Crippen LogP contribution is 2.33. The van der Waals surface area contributed by atoms with E-state index in [0.29, 0.717) is 6.42 Å². The van der Waals surface area contributed by atoms with Crippen LogP contribution in [0.25, 0.3) is 11.0 Å². The maximum atomic E-state index is 13.1. The van der Waals surface area contributed by atoms with Crippen molar-refractivity contribution >= 4 is 28.5 Å². The average molecular weight is 349 g/mol. The number of furan rings is 1. The predicted molar refractivity (Wildman–Crippen MR) is 98.1 cm³/mol. The van der Waals surface area contributed by atoms with Gasteiger partial charge in [-0.3, -0.25) is 9.69 Å². The highest BCUT2D eigenvalue weighted by molar-refractivity contribution is 6.04. The second-order valence-electron chi connectivity index (χ2n) is 6.57. The van der Waals surface area contributed by atoms with Crippen LogP contribution >= 0.6 is 0 Å². The summed E-state index contributed by atoms with van der Waals surface area (Å²) in [6, 6.07) is 12.9. The maximum Gasteiger partial charge on any atom is 0.329 e. The minimum absolute atomic E-state index is 0.145. The van der Waals surface area contributed by atoms with Gasteiger partial charge in [-0.15, -0.1) is 0 Å². The maximum absolute atomic E-state index is 13.1. The molecule has 1 amide bonds. The first-order valence-electron chi connectivity index (χ1n) is 8.53. The smallest absolute Gasteiger partial charge is 0.329 e. The number of para-hydroxylation sites is 1. The number of carbonyl (C=O) groups is 2. The number of esters is 1. The molecular weight excluding hydrogens is 330 g/mol. The summed E-state index contributed by atoms with van der Waals surface area (Å²) in [7, 11) is 1.35. The Kier molecular flexibility index (Phi) is 3.99. The Balaban J connectivity index is 1.67. The molecule has 0 fully saturated rings. The molecule has 4 rings (SSSR count). The fourth-order valence-corrected chi connectivity index (χ4v) is 3.59. The van der Waals surface area contributed by atoms with Gasteiger partial charge in [0.2, 0.25) is 5.91 Å². The van der Waals surface area contributed by atoms with E-state index in [0.717, 1.165) is 33.3 Å². The number of anilines is 1.